The Hall–Kier alpha value is -0.0800. The van der Waals surface area contributed by atoms with Gasteiger partial charge in [0.2, 0.25) is 0 Å². The standard InChI is InChI=1S/C12H24O2/c1-4-12-10(7-8-14-12)11(13)6-5-9(2)3/h9-13H,4-8H2,1-3H3. The molecule has 3 atom stereocenters. The maximum atomic E-state index is 10.0. The highest BCUT2D eigenvalue weighted by Crippen LogP contribution is 2.28. The quantitative estimate of drug-likeness (QED) is 0.739. The smallest absolute Gasteiger partial charge is 0.0626 e. The fourth-order valence-corrected chi connectivity index (χ4v) is 2.24. The van der Waals surface area contributed by atoms with Crippen LogP contribution in [0.1, 0.15) is 46.5 Å². The molecule has 0 bridgehead atoms. The molecule has 14 heavy (non-hydrogen) atoms. The van der Waals surface area contributed by atoms with Crippen molar-refractivity contribution >= 4 is 0 Å². The van der Waals surface area contributed by atoms with E-state index in [1.165, 1.54) is 0 Å². The lowest BCUT2D eigenvalue weighted by Gasteiger charge is -2.23. The van der Waals surface area contributed by atoms with Gasteiger partial charge < -0.3 is 9.84 Å². The normalized spacial score (nSPS) is 29.8. The van der Waals surface area contributed by atoms with Crippen molar-refractivity contribution in [2.45, 2.75) is 58.7 Å². The molecular formula is C12H24O2. The summed E-state index contributed by atoms with van der Waals surface area (Å²) in [6.45, 7) is 7.38. The molecule has 0 aromatic carbocycles. The minimum absolute atomic E-state index is 0.148. The van der Waals surface area contributed by atoms with Crippen LogP contribution >= 0.6 is 0 Å². The second kappa shape index (κ2) is 5.72. The van der Waals surface area contributed by atoms with Crippen LogP contribution in [0.4, 0.5) is 0 Å². The summed E-state index contributed by atoms with van der Waals surface area (Å²) < 4.78 is 5.58. The van der Waals surface area contributed by atoms with Gasteiger partial charge in [-0.1, -0.05) is 20.8 Å². The van der Waals surface area contributed by atoms with Crippen LogP contribution in [-0.4, -0.2) is 23.9 Å². The van der Waals surface area contributed by atoms with Crippen molar-refractivity contribution in [3.63, 3.8) is 0 Å². The maximum absolute atomic E-state index is 10.0. The zero-order valence-electron chi connectivity index (χ0n) is 9.70. The summed E-state index contributed by atoms with van der Waals surface area (Å²) in [6, 6.07) is 0. The maximum Gasteiger partial charge on any atom is 0.0626 e. The molecule has 1 saturated heterocycles. The van der Waals surface area contributed by atoms with E-state index < -0.39 is 0 Å². The summed E-state index contributed by atoms with van der Waals surface area (Å²) in [4.78, 5) is 0. The number of aliphatic hydroxyl groups excluding tert-OH is 1. The molecule has 1 N–H and O–H groups in total. The molecule has 0 amide bonds. The number of rotatable bonds is 5. The van der Waals surface area contributed by atoms with Gasteiger partial charge in [-0.3, -0.25) is 0 Å². The molecule has 0 radical (unpaired) electrons. The highest BCUT2D eigenvalue weighted by molar-refractivity contribution is 4.81. The number of ether oxygens (including phenoxy) is 1. The van der Waals surface area contributed by atoms with Crippen molar-refractivity contribution in [1.29, 1.82) is 0 Å². The molecule has 1 fully saturated rings. The summed E-state index contributed by atoms with van der Waals surface area (Å²) >= 11 is 0. The van der Waals surface area contributed by atoms with E-state index in [0.29, 0.717) is 17.9 Å². The predicted molar refractivity (Wildman–Crippen MR) is 58.2 cm³/mol. The summed E-state index contributed by atoms with van der Waals surface area (Å²) in [6.07, 6.45) is 4.28. The Labute approximate surface area is 87.7 Å². The zero-order valence-corrected chi connectivity index (χ0v) is 9.70. The van der Waals surface area contributed by atoms with Crippen molar-refractivity contribution in [2.24, 2.45) is 11.8 Å². The molecule has 1 aliphatic heterocycles. The van der Waals surface area contributed by atoms with Crippen molar-refractivity contribution < 1.29 is 9.84 Å². The third kappa shape index (κ3) is 3.25. The Morgan fingerprint density at radius 2 is 2.07 bits per heavy atom. The average Bonchev–Trinajstić information content (AvgIpc) is 2.61. The van der Waals surface area contributed by atoms with Crippen molar-refractivity contribution in [2.75, 3.05) is 6.61 Å². The predicted octanol–water partition coefficient (Wildman–Crippen LogP) is 2.60. The summed E-state index contributed by atoms with van der Waals surface area (Å²) in [5.74, 6) is 1.07. The van der Waals surface area contributed by atoms with E-state index in [0.717, 1.165) is 32.3 Å². The van der Waals surface area contributed by atoms with Crippen LogP contribution in [0.25, 0.3) is 0 Å². The van der Waals surface area contributed by atoms with Gasteiger partial charge in [0, 0.05) is 12.5 Å². The Bertz CT molecular complexity index is 156. The summed E-state index contributed by atoms with van der Waals surface area (Å²) in [5, 5.41) is 10.0. The minimum Gasteiger partial charge on any atom is -0.393 e. The molecule has 1 rings (SSSR count). The van der Waals surface area contributed by atoms with Crippen LogP contribution in [-0.2, 0) is 4.74 Å². The van der Waals surface area contributed by atoms with Gasteiger partial charge in [-0.2, -0.15) is 0 Å². The van der Waals surface area contributed by atoms with Gasteiger partial charge in [0.05, 0.1) is 12.2 Å². The van der Waals surface area contributed by atoms with Crippen LogP contribution in [0, 0.1) is 11.8 Å². The molecule has 0 aromatic heterocycles. The van der Waals surface area contributed by atoms with E-state index in [-0.39, 0.29) is 6.10 Å². The fraction of sp³-hybridized carbons (Fsp3) is 1.00. The van der Waals surface area contributed by atoms with E-state index in [4.69, 9.17) is 4.74 Å². The SMILES string of the molecule is CCC1OCCC1C(O)CCC(C)C. The third-order valence-electron chi connectivity index (χ3n) is 3.20. The van der Waals surface area contributed by atoms with Gasteiger partial charge in [0.1, 0.15) is 0 Å². The first-order valence-corrected chi connectivity index (χ1v) is 5.94. The molecule has 2 nitrogen and oxygen atoms in total. The number of aliphatic hydroxyl groups is 1. The van der Waals surface area contributed by atoms with Gasteiger partial charge in [0.25, 0.3) is 0 Å². The lowest BCUT2D eigenvalue weighted by atomic mass is 9.89. The third-order valence-corrected chi connectivity index (χ3v) is 3.20. The Balaban J connectivity index is 2.31. The topological polar surface area (TPSA) is 29.5 Å². The van der Waals surface area contributed by atoms with E-state index in [1.54, 1.807) is 0 Å². The summed E-state index contributed by atoms with van der Waals surface area (Å²) in [7, 11) is 0. The van der Waals surface area contributed by atoms with E-state index in [1.807, 2.05) is 0 Å². The zero-order chi connectivity index (χ0) is 10.6. The van der Waals surface area contributed by atoms with E-state index >= 15 is 0 Å². The van der Waals surface area contributed by atoms with Crippen LogP contribution in [0.5, 0.6) is 0 Å². The molecule has 0 aromatic rings. The lowest BCUT2D eigenvalue weighted by molar-refractivity contribution is 0.0256. The van der Waals surface area contributed by atoms with E-state index in [2.05, 4.69) is 20.8 Å². The largest absolute Gasteiger partial charge is 0.393 e. The minimum atomic E-state index is -0.148. The van der Waals surface area contributed by atoms with Gasteiger partial charge >= 0.3 is 0 Å². The highest BCUT2D eigenvalue weighted by atomic mass is 16.5. The summed E-state index contributed by atoms with van der Waals surface area (Å²) in [5.41, 5.74) is 0. The van der Waals surface area contributed by atoms with Crippen molar-refractivity contribution in [3.05, 3.63) is 0 Å². The van der Waals surface area contributed by atoms with Crippen molar-refractivity contribution in [3.8, 4) is 0 Å². The van der Waals surface area contributed by atoms with Crippen LogP contribution in [0.15, 0.2) is 0 Å². The Morgan fingerprint density at radius 1 is 1.36 bits per heavy atom. The monoisotopic (exact) mass is 200 g/mol. The van der Waals surface area contributed by atoms with Gasteiger partial charge in [0.15, 0.2) is 0 Å². The van der Waals surface area contributed by atoms with Crippen LogP contribution in [0.3, 0.4) is 0 Å². The lowest BCUT2D eigenvalue weighted by Crippen LogP contribution is -2.28. The van der Waals surface area contributed by atoms with Gasteiger partial charge in [-0.15, -0.1) is 0 Å². The van der Waals surface area contributed by atoms with Crippen LogP contribution < -0.4 is 0 Å². The second-order valence-electron chi connectivity index (χ2n) is 4.81. The first-order valence-electron chi connectivity index (χ1n) is 5.94. The first-order chi connectivity index (χ1) is 6.65. The molecule has 3 unspecified atom stereocenters. The van der Waals surface area contributed by atoms with Crippen LogP contribution in [0.2, 0.25) is 0 Å². The number of hydrogen-bond acceptors (Lipinski definition) is 2. The van der Waals surface area contributed by atoms with Crippen molar-refractivity contribution in [1.82, 2.24) is 0 Å². The first kappa shape index (κ1) is 12.0. The molecule has 0 saturated carbocycles. The fourth-order valence-electron chi connectivity index (χ4n) is 2.24. The molecule has 1 aliphatic rings. The van der Waals surface area contributed by atoms with E-state index in [9.17, 15) is 5.11 Å². The molecule has 2 heteroatoms. The molecule has 0 spiro atoms. The molecular weight excluding hydrogens is 176 g/mol. The average molecular weight is 200 g/mol. The van der Waals surface area contributed by atoms with Gasteiger partial charge in [-0.05, 0) is 31.6 Å². The Kier molecular flexibility index (Phi) is 4.90. The molecule has 0 aliphatic carbocycles. The highest BCUT2D eigenvalue weighted by Gasteiger charge is 2.32. The van der Waals surface area contributed by atoms with Gasteiger partial charge in [-0.25, -0.2) is 0 Å². The second-order valence-corrected chi connectivity index (χ2v) is 4.81. The molecule has 84 valence electrons. The number of hydrogen-bond donors (Lipinski definition) is 1. The molecule has 1 heterocycles. The Morgan fingerprint density at radius 3 is 2.64 bits per heavy atom.